The molecule has 0 fully saturated rings. The Balaban J connectivity index is 2.24. The van der Waals surface area contributed by atoms with E-state index in [9.17, 15) is 4.79 Å². The molecule has 0 saturated heterocycles. The van der Waals surface area contributed by atoms with Crippen LogP contribution in [0.4, 0.5) is 0 Å². The average molecular weight is 243 g/mol. The fourth-order valence-corrected chi connectivity index (χ4v) is 1.80. The number of carbonyl (C=O) groups excluding carboxylic acids is 1. The van der Waals surface area contributed by atoms with E-state index in [4.69, 9.17) is 0 Å². The van der Waals surface area contributed by atoms with Crippen molar-refractivity contribution in [2.24, 2.45) is 0 Å². The monoisotopic (exact) mass is 243 g/mol. The molecule has 0 bridgehead atoms. The van der Waals surface area contributed by atoms with Crippen LogP contribution in [0, 0.1) is 0 Å². The molecule has 1 aromatic carbocycles. The fourth-order valence-electron chi connectivity index (χ4n) is 1.80. The molecule has 1 atom stereocenters. The van der Waals surface area contributed by atoms with E-state index in [0.29, 0.717) is 0 Å². The highest BCUT2D eigenvalue weighted by Gasteiger charge is 2.17. The van der Waals surface area contributed by atoms with Gasteiger partial charge >= 0.3 is 0 Å². The minimum Gasteiger partial charge on any atom is -0.347 e. The zero-order valence-corrected chi connectivity index (χ0v) is 10.9. The van der Waals surface area contributed by atoms with E-state index in [-0.39, 0.29) is 11.9 Å². The van der Waals surface area contributed by atoms with Crippen LogP contribution in [0.1, 0.15) is 13.0 Å². The van der Waals surface area contributed by atoms with Crippen LogP contribution in [0.5, 0.6) is 0 Å². The zero-order valence-electron chi connectivity index (χ0n) is 10.9. The third-order valence-electron chi connectivity index (χ3n) is 2.87. The molecule has 0 N–H and O–H groups in total. The van der Waals surface area contributed by atoms with Crippen LogP contribution in [-0.2, 0) is 4.79 Å². The second kappa shape index (κ2) is 5.04. The van der Waals surface area contributed by atoms with Gasteiger partial charge in [0.15, 0.2) is 0 Å². The van der Waals surface area contributed by atoms with E-state index in [1.54, 1.807) is 23.7 Å². The van der Waals surface area contributed by atoms with E-state index in [2.05, 4.69) is 5.10 Å². The molecule has 0 saturated carbocycles. The van der Waals surface area contributed by atoms with Crippen LogP contribution in [0.25, 0.3) is 11.3 Å². The van der Waals surface area contributed by atoms with E-state index >= 15 is 0 Å². The molecule has 18 heavy (non-hydrogen) atoms. The van der Waals surface area contributed by atoms with Gasteiger partial charge in [-0.25, -0.2) is 0 Å². The van der Waals surface area contributed by atoms with Gasteiger partial charge in [-0.3, -0.25) is 9.48 Å². The van der Waals surface area contributed by atoms with Gasteiger partial charge in [-0.15, -0.1) is 0 Å². The molecule has 4 nitrogen and oxygen atoms in total. The minimum atomic E-state index is -0.280. The molecule has 0 radical (unpaired) electrons. The molecule has 1 heterocycles. The van der Waals surface area contributed by atoms with Gasteiger partial charge in [-0.05, 0) is 13.0 Å². The summed E-state index contributed by atoms with van der Waals surface area (Å²) in [6.45, 7) is 1.85. The van der Waals surface area contributed by atoms with Crippen molar-refractivity contribution in [1.82, 2.24) is 14.7 Å². The third kappa shape index (κ3) is 2.42. The molecular weight excluding hydrogens is 226 g/mol. The normalized spacial score (nSPS) is 12.2. The van der Waals surface area contributed by atoms with Crippen molar-refractivity contribution in [2.75, 3.05) is 14.1 Å². The molecule has 0 aliphatic heterocycles. The number of benzene rings is 1. The Morgan fingerprint density at radius 2 is 1.89 bits per heavy atom. The van der Waals surface area contributed by atoms with Crippen molar-refractivity contribution in [3.63, 3.8) is 0 Å². The van der Waals surface area contributed by atoms with Crippen LogP contribution in [0.2, 0.25) is 0 Å². The molecule has 2 aromatic rings. The van der Waals surface area contributed by atoms with E-state index in [0.717, 1.165) is 11.3 Å². The second-order valence-corrected chi connectivity index (χ2v) is 4.46. The van der Waals surface area contributed by atoms with Crippen LogP contribution >= 0.6 is 0 Å². The Labute approximate surface area is 107 Å². The quantitative estimate of drug-likeness (QED) is 0.829. The lowest BCUT2D eigenvalue weighted by atomic mass is 10.2. The standard InChI is InChI=1S/C14H17N3O/c1-11(14(18)16(2)3)17-10-9-13(15-17)12-7-5-4-6-8-12/h4-11H,1-3H3. The molecule has 1 amide bonds. The first-order valence-corrected chi connectivity index (χ1v) is 5.91. The van der Waals surface area contributed by atoms with Gasteiger partial charge in [0.05, 0.1) is 5.69 Å². The first-order valence-electron chi connectivity index (χ1n) is 5.91. The Bertz CT molecular complexity index is 531. The van der Waals surface area contributed by atoms with Crippen LogP contribution < -0.4 is 0 Å². The average Bonchev–Trinajstić information content (AvgIpc) is 2.87. The Hall–Kier alpha value is -2.10. The van der Waals surface area contributed by atoms with Crippen molar-refractivity contribution in [1.29, 1.82) is 0 Å². The van der Waals surface area contributed by atoms with Crippen LogP contribution in [0.3, 0.4) is 0 Å². The molecule has 0 aliphatic rings. The Morgan fingerprint density at radius 3 is 2.50 bits per heavy atom. The topological polar surface area (TPSA) is 38.1 Å². The maximum absolute atomic E-state index is 11.9. The third-order valence-corrected chi connectivity index (χ3v) is 2.87. The maximum Gasteiger partial charge on any atom is 0.246 e. The van der Waals surface area contributed by atoms with E-state index in [1.807, 2.05) is 49.5 Å². The smallest absolute Gasteiger partial charge is 0.246 e. The summed E-state index contributed by atoms with van der Waals surface area (Å²) in [7, 11) is 3.50. The minimum absolute atomic E-state index is 0.0395. The second-order valence-electron chi connectivity index (χ2n) is 4.46. The number of rotatable bonds is 3. The lowest BCUT2D eigenvalue weighted by molar-refractivity contribution is -0.131. The summed E-state index contributed by atoms with van der Waals surface area (Å²) in [5.74, 6) is 0.0395. The maximum atomic E-state index is 11.9. The zero-order chi connectivity index (χ0) is 13.1. The molecule has 0 aliphatic carbocycles. The SMILES string of the molecule is CC(C(=O)N(C)C)n1ccc(-c2ccccc2)n1. The molecule has 2 rings (SSSR count). The van der Waals surface area contributed by atoms with Gasteiger partial charge in [0.1, 0.15) is 6.04 Å². The number of aromatic nitrogens is 2. The van der Waals surface area contributed by atoms with E-state index in [1.165, 1.54) is 0 Å². The number of amides is 1. The Kier molecular flexibility index (Phi) is 3.46. The number of hydrogen-bond donors (Lipinski definition) is 0. The lowest BCUT2D eigenvalue weighted by Crippen LogP contribution is -2.30. The summed E-state index contributed by atoms with van der Waals surface area (Å²) < 4.78 is 1.70. The van der Waals surface area contributed by atoms with E-state index < -0.39 is 0 Å². The highest BCUT2D eigenvalue weighted by Crippen LogP contribution is 2.18. The molecule has 1 unspecified atom stereocenters. The predicted molar refractivity (Wildman–Crippen MR) is 71.1 cm³/mol. The highest BCUT2D eigenvalue weighted by molar-refractivity contribution is 5.79. The fraction of sp³-hybridized carbons (Fsp3) is 0.286. The summed E-state index contributed by atoms with van der Waals surface area (Å²) in [4.78, 5) is 13.4. The summed E-state index contributed by atoms with van der Waals surface area (Å²) in [5, 5.41) is 4.45. The van der Waals surface area contributed by atoms with Crippen LogP contribution in [-0.4, -0.2) is 34.7 Å². The summed E-state index contributed by atoms with van der Waals surface area (Å²) in [5.41, 5.74) is 1.94. The van der Waals surface area contributed by atoms with Crippen LogP contribution in [0.15, 0.2) is 42.6 Å². The van der Waals surface area contributed by atoms with Crippen molar-refractivity contribution in [2.45, 2.75) is 13.0 Å². The first kappa shape index (κ1) is 12.4. The van der Waals surface area contributed by atoms with Gasteiger partial charge in [0.2, 0.25) is 5.91 Å². The molecule has 94 valence electrons. The van der Waals surface area contributed by atoms with Gasteiger partial charge < -0.3 is 4.90 Å². The van der Waals surface area contributed by atoms with Crippen molar-refractivity contribution >= 4 is 5.91 Å². The van der Waals surface area contributed by atoms with Gasteiger partial charge in [0, 0.05) is 25.9 Å². The van der Waals surface area contributed by atoms with Crippen molar-refractivity contribution in [3.05, 3.63) is 42.6 Å². The van der Waals surface area contributed by atoms with Crippen molar-refractivity contribution in [3.8, 4) is 11.3 Å². The molecule has 0 spiro atoms. The number of likely N-dealkylation sites (N-methyl/N-ethyl adjacent to an activating group) is 1. The van der Waals surface area contributed by atoms with Crippen molar-refractivity contribution < 1.29 is 4.79 Å². The summed E-state index contributed by atoms with van der Waals surface area (Å²) in [6, 6.07) is 11.6. The number of nitrogens with zero attached hydrogens (tertiary/aromatic N) is 3. The lowest BCUT2D eigenvalue weighted by Gasteiger charge is -2.16. The molecule has 1 aromatic heterocycles. The highest BCUT2D eigenvalue weighted by atomic mass is 16.2. The number of hydrogen-bond acceptors (Lipinski definition) is 2. The first-order chi connectivity index (χ1) is 8.59. The molecule has 4 heteroatoms. The number of carbonyl (C=O) groups is 1. The summed E-state index contributed by atoms with van der Waals surface area (Å²) >= 11 is 0. The van der Waals surface area contributed by atoms with Gasteiger partial charge in [-0.1, -0.05) is 30.3 Å². The summed E-state index contributed by atoms with van der Waals surface area (Å²) in [6.07, 6.45) is 1.84. The Morgan fingerprint density at radius 1 is 1.22 bits per heavy atom. The molecular formula is C14H17N3O. The van der Waals surface area contributed by atoms with Gasteiger partial charge in [0.25, 0.3) is 0 Å². The largest absolute Gasteiger partial charge is 0.347 e. The van der Waals surface area contributed by atoms with Gasteiger partial charge in [-0.2, -0.15) is 5.10 Å². The predicted octanol–water partition coefficient (Wildman–Crippen LogP) is 2.20.